The minimum absolute atomic E-state index is 0. The molecule has 2 aromatic heterocycles. The molecule has 0 unspecified atom stereocenters. The molecule has 0 aliphatic heterocycles. The number of carbonyl (C=O) groups is 2. The van der Waals surface area contributed by atoms with Crippen molar-refractivity contribution in [3.05, 3.63) is 83.3 Å². The van der Waals surface area contributed by atoms with Gasteiger partial charge in [0.05, 0.1) is 11.4 Å². The van der Waals surface area contributed by atoms with E-state index in [1.165, 1.54) is 30.1 Å². The Labute approximate surface area is 257 Å². The van der Waals surface area contributed by atoms with Gasteiger partial charge < -0.3 is 33.6 Å². The molecule has 184 valence electrons. The Bertz CT molecular complexity index is 958. The first kappa shape index (κ1) is 37.4. The van der Waals surface area contributed by atoms with Gasteiger partial charge in [0.15, 0.2) is 11.4 Å². The van der Waals surface area contributed by atoms with E-state index in [1.807, 2.05) is 32.0 Å². The number of nitrogens with zero attached hydrogens (tertiary/aromatic N) is 2. The van der Waals surface area contributed by atoms with Gasteiger partial charge in [-0.25, -0.2) is 0 Å². The SMILES string of the molecule is CC.CNc1cc([NH-])cnc1C(N)=O.CNc1cc([NH-])cnc1C(N)=O.Cc1ccccc1.[Y].[Y]. The largest absolute Gasteiger partial charge is 0.697 e. The maximum atomic E-state index is 10.8. The van der Waals surface area contributed by atoms with Crippen molar-refractivity contribution >= 4 is 34.6 Å². The third kappa shape index (κ3) is 14.8. The summed E-state index contributed by atoms with van der Waals surface area (Å²) >= 11 is 0. The quantitative estimate of drug-likeness (QED) is 0.320. The number of rotatable bonds is 4. The van der Waals surface area contributed by atoms with E-state index >= 15 is 0 Å². The molecule has 0 fully saturated rings. The van der Waals surface area contributed by atoms with E-state index in [0.717, 1.165) is 0 Å². The van der Waals surface area contributed by atoms with E-state index in [4.69, 9.17) is 22.9 Å². The number of aryl methyl sites for hydroxylation is 1. The van der Waals surface area contributed by atoms with Crippen LogP contribution in [0.5, 0.6) is 0 Å². The van der Waals surface area contributed by atoms with Crippen LogP contribution in [0.2, 0.25) is 0 Å². The predicted molar refractivity (Wildman–Crippen MR) is 135 cm³/mol. The van der Waals surface area contributed by atoms with Gasteiger partial charge in [0.1, 0.15) is 0 Å². The molecule has 3 rings (SSSR count). The molecule has 2 radical (unpaired) electrons. The van der Waals surface area contributed by atoms with Crippen molar-refractivity contribution in [1.82, 2.24) is 9.97 Å². The molecular weight excluding hydrogens is 598 g/mol. The van der Waals surface area contributed by atoms with Crippen LogP contribution in [0, 0.1) is 6.92 Å². The first-order chi connectivity index (χ1) is 15.7. The summed E-state index contributed by atoms with van der Waals surface area (Å²) in [5.41, 5.74) is 27.6. The van der Waals surface area contributed by atoms with Crippen molar-refractivity contribution in [2.45, 2.75) is 20.8 Å². The number of carbonyl (C=O) groups excluding carboxylic acids is 2. The summed E-state index contributed by atoms with van der Waals surface area (Å²) in [5, 5.41) is 5.47. The molecule has 2 amide bonds. The molecule has 3 aromatic rings. The molecule has 0 atom stereocenters. The van der Waals surface area contributed by atoms with Crippen LogP contribution in [0.3, 0.4) is 0 Å². The zero-order valence-electron chi connectivity index (χ0n) is 20.7. The number of hydrogen-bond donors (Lipinski definition) is 4. The van der Waals surface area contributed by atoms with Crippen LogP contribution in [-0.4, -0.2) is 35.9 Å². The summed E-state index contributed by atoms with van der Waals surface area (Å²) in [6.07, 6.45) is 2.56. The first-order valence-corrected chi connectivity index (χ1v) is 10.1. The Morgan fingerprint density at radius 1 is 0.771 bits per heavy atom. The molecule has 0 spiro atoms. The second kappa shape index (κ2) is 21.2. The molecular formula is C23H32N8O2Y2-2. The molecule has 1 aromatic carbocycles. The van der Waals surface area contributed by atoms with Gasteiger partial charge in [0, 0.05) is 91.9 Å². The van der Waals surface area contributed by atoms with Gasteiger partial charge in [-0.3, -0.25) is 19.6 Å². The average molecular weight is 630 g/mol. The number of anilines is 2. The average Bonchev–Trinajstić information content (AvgIpc) is 2.81. The topological polar surface area (TPSA) is 184 Å². The van der Waals surface area contributed by atoms with E-state index in [0.29, 0.717) is 11.4 Å². The van der Waals surface area contributed by atoms with Crippen LogP contribution in [0.15, 0.2) is 54.9 Å². The summed E-state index contributed by atoms with van der Waals surface area (Å²) in [7, 11) is 3.28. The number of aromatic nitrogens is 2. The number of amides is 2. The fraction of sp³-hybridized carbons (Fsp3) is 0.217. The summed E-state index contributed by atoms with van der Waals surface area (Å²) in [5.74, 6) is -1.20. The molecule has 35 heavy (non-hydrogen) atoms. The maximum Gasteiger partial charge on any atom is 0.269 e. The molecule has 0 bridgehead atoms. The van der Waals surface area contributed by atoms with E-state index in [-0.39, 0.29) is 88.2 Å². The van der Waals surface area contributed by atoms with Crippen molar-refractivity contribution in [1.29, 1.82) is 0 Å². The van der Waals surface area contributed by atoms with Crippen molar-refractivity contribution in [3.8, 4) is 0 Å². The maximum absolute atomic E-state index is 10.8. The number of primary amides is 2. The van der Waals surface area contributed by atoms with Crippen LogP contribution in [0.25, 0.3) is 11.5 Å². The third-order valence-corrected chi connectivity index (χ3v) is 3.72. The Morgan fingerprint density at radius 2 is 1.11 bits per heavy atom. The van der Waals surface area contributed by atoms with Gasteiger partial charge in [-0.2, -0.15) is 0 Å². The molecule has 12 heteroatoms. The number of hydrogen-bond acceptors (Lipinski definition) is 6. The minimum Gasteiger partial charge on any atom is -0.697 e. The molecule has 0 aliphatic rings. The van der Waals surface area contributed by atoms with Gasteiger partial charge >= 0.3 is 0 Å². The Hall–Kier alpha value is -2.13. The predicted octanol–water partition coefficient (Wildman–Crippen LogP) is 4.83. The number of pyridine rings is 2. The van der Waals surface area contributed by atoms with Gasteiger partial charge in [-0.1, -0.05) is 61.9 Å². The van der Waals surface area contributed by atoms with Gasteiger partial charge in [-0.15, -0.1) is 11.4 Å². The third-order valence-electron chi connectivity index (χ3n) is 3.72. The standard InChI is InChI=1S/2C7H10N4O.C7H8.C2H6.2Y/c2*1-10-5-2-4(8)3-11-6(5)7(9)12;1-7-5-3-2-4-6-7;1-2;;/h2*2-3H,1H3,(H5,8,9,10,12);2-6H,1H3;1-2H3;;/p-2. The van der Waals surface area contributed by atoms with Crippen molar-refractivity contribution < 1.29 is 75.0 Å². The van der Waals surface area contributed by atoms with Crippen LogP contribution in [-0.2, 0) is 65.4 Å². The molecule has 0 saturated carbocycles. The van der Waals surface area contributed by atoms with Gasteiger partial charge in [0.2, 0.25) is 0 Å². The summed E-state index contributed by atoms with van der Waals surface area (Å²) in [6.45, 7) is 6.08. The van der Waals surface area contributed by atoms with Crippen LogP contribution < -0.4 is 22.1 Å². The Morgan fingerprint density at radius 3 is 1.34 bits per heavy atom. The van der Waals surface area contributed by atoms with Gasteiger partial charge in [-0.05, 0) is 6.92 Å². The second-order valence-corrected chi connectivity index (χ2v) is 6.12. The van der Waals surface area contributed by atoms with E-state index in [1.54, 1.807) is 14.1 Å². The molecule has 10 nitrogen and oxygen atoms in total. The minimum atomic E-state index is -0.598. The number of benzene rings is 1. The zero-order chi connectivity index (χ0) is 25.4. The van der Waals surface area contributed by atoms with E-state index < -0.39 is 11.8 Å². The molecule has 2 heterocycles. The molecule has 0 aliphatic carbocycles. The Balaban J connectivity index is -0.000000424. The zero-order valence-corrected chi connectivity index (χ0v) is 26.4. The number of nitrogens with two attached hydrogens (primary N) is 2. The Kier molecular flexibility index (Phi) is 22.6. The van der Waals surface area contributed by atoms with Crippen molar-refractivity contribution in [2.24, 2.45) is 11.5 Å². The fourth-order valence-corrected chi connectivity index (χ4v) is 2.24. The summed E-state index contributed by atoms with van der Waals surface area (Å²) in [6, 6.07) is 13.2. The smallest absolute Gasteiger partial charge is 0.269 e. The first-order valence-electron chi connectivity index (χ1n) is 10.1. The number of nitrogens with one attached hydrogen (secondary N) is 4. The normalized spacial score (nSPS) is 8.37. The van der Waals surface area contributed by atoms with Crippen LogP contribution in [0.1, 0.15) is 40.4 Å². The summed E-state index contributed by atoms with van der Waals surface area (Å²) < 4.78 is 0. The monoisotopic (exact) mass is 630 g/mol. The second-order valence-electron chi connectivity index (χ2n) is 6.12. The van der Waals surface area contributed by atoms with Crippen LogP contribution in [0.4, 0.5) is 22.7 Å². The molecule has 0 saturated heterocycles. The van der Waals surface area contributed by atoms with Crippen LogP contribution >= 0.6 is 0 Å². The van der Waals surface area contributed by atoms with Crippen molar-refractivity contribution in [2.75, 3.05) is 24.7 Å². The van der Waals surface area contributed by atoms with E-state index in [2.05, 4.69) is 39.7 Å². The summed E-state index contributed by atoms with van der Waals surface area (Å²) in [4.78, 5) is 28.9. The van der Waals surface area contributed by atoms with E-state index in [9.17, 15) is 9.59 Å². The van der Waals surface area contributed by atoms with Crippen molar-refractivity contribution in [3.63, 3.8) is 0 Å². The fourth-order valence-electron chi connectivity index (χ4n) is 2.24. The molecule has 8 N–H and O–H groups in total. The van der Waals surface area contributed by atoms with Gasteiger partial charge in [0.25, 0.3) is 11.8 Å².